The number of hydrogen-bond acceptors (Lipinski definition) is 3. The molecular weight excluding hydrogens is 650 g/mol. The largest absolute Gasteiger partial charge is 0.378 e. The van der Waals surface area contributed by atoms with E-state index in [-0.39, 0.29) is 17.4 Å². The Labute approximate surface area is 230 Å². The van der Waals surface area contributed by atoms with Crippen LogP contribution in [0.25, 0.3) is 0 Å². The molecule has 1 N–H and O–H groups in total. The van der Waals surface area contributed by atoms with Gasteiger partial charge in [-0.05, 0) is 66.0 Å². The average molecular weight is 684 g/mol. The van der Waals surface area contributed by atoms with Crippen LogP contribution in [0.2, 0.25) is 0 Å². The number of morpholine rings is 1. The van der Waals surface area contributed by atoms with Crippen LogP contribution in [0, 0.1) is 11.3 Å². The molecule has 2 saturated heterocycles. The monoisotopic (exact) mass is 684 g/mol. The van der Waals surface area contributed by atoms with Gasteiger partial charge in [-0.25, -0.2) is 0 Å². The number of halogens is 2. The summed E-state index contributed by atoms with van der Waals surface area (Å²) in [5.74, 6) is 1.29. The molecule has 3 fully saturated rings. The maximum Gasteiger partial charge on any atom is 0.226 e. The second-order valence-electron chi connectivity index (χ2n) is 10.4. The molecule has 2 aromatic carbocycles. The predicted molar refractivity (Wildman–Crippen MR) is 155 cm³/mol. The molecule has 1 aliphatic carbocycles. The van der Waals surface area contributed by atoms with E-state index >= 15 is 0 Å². The van der Waals surface area contributed by atoms with Gasteiger partial charge in [-0.1, -0.05) is 82.4 Å². The zero-order valence-corrected chi connectivity index (χ0v) is 24.3. The van der Waals surface area contributed by atoms with E-state index in [1.807, 2.05) is 0 Å². The summed E-state index contributed by atoms with van der Waals surface area (Å²) >= 11 is 4.95. The van der Waals surface area contributed by atoms with E-state index in [4.69, 9.17) is 4.74 Å². The summed E-state index contributed by atoms with van der Waals surface area (Å²) in [5, 5.41) is 3.31. The smallest absolute Gasteiger partial charge is 0.226 e. The van der Waals surface area contributed by atoms with Crippen molar-refractivity contribution >= 4 is 56.8 Å². The summed E-state index contributed by atoms with van der Waals surface area (Å²) in [6, 6.07) is 16.5. The van der Waals surface area contributed by atoms with Gasteiger partial charge in [0.1, 0.15) is 0 Å². The molecule has 1 amide bonds. The zero-order chi connectivity index (χ0) is 23.9. The van der Waals surface area contributed by atoms with Crippen LogP contribution in [0.3, 0.4) is 0 Å². The summed E-state index contributed by atoms with van der Waals surface area (Å²) in [6.45, 7) is 7.95. The van der Waals surface area contributed by atoms with E-state index in [2.05, 4.69) is 112 Å². The number of nitrogens with zero attached hydrogens (tertiary/aromatic N) is 1. The molecule has 2 aromatic rings. The topological polar surface area (TPSA) is 41.6 Å². The van der Waals surface area contributed by atoms with E-state index in [1.54, 1.807) is 0 Å². The third-order valence-corrected chi connectivity index (χ3v) is 10.2. The molecule has 0 spiro atoms. The van der Waals surface area contributed by atoms with E-state index in [1.165, 1.54) is 27.9 Å². The van der Waals surface area contributed by atoms with Crippen LogP contribution in [-0.4, -0.2) is 38.3 Å². The Morgan fingerprint density at radius 1 is 1.09 bits per heavy atom. The Kier molecular flexibility index (Phi) is 7.47. The van der Waals surface area contributed by atoms with Gasteiger partial charge in [0.2, 0.25) is 5.91 Å². The highest BCUT2D eigenvalue weighted by molar-refractivity contribution is 14.1. The van der Waals surface area contributed by atoms with Gasteiger partial charge < -0.3 is 15.0 Å². The highest BCUT2D eigenvalue weighted by Crippen LogP contribution is 2.59. The minimum absolute atomic E-state index is 0.185. The molecule has 0 radical (unpaired) electrons. The van der Waals surface area contributed by atoms with Crippen molar-refractivity contribution in [1.82, 2.24) is 5.32 Å². The predicted octanol–water partition coefficient (Wildman–Crippen LogP) is 6.20. The second-order valence-corrected chi connectivity index (χ2v) is 11.9. The number of carbonyl (C=O) groups excluding carboxylic acids is 1. The Morgan fingerprint density at radius 2 is 1.82 bits per heavy atom. The molecular formula is C28H34I2N2O2. The van der Waals surface area contributed by atoms with Crippen molar-refractivity contribution in [1.29, 1.82) is 0 Å². The molecule has 5 rings (SSSR count). The number of ether oxygens (including phenoxy) is 1. The number of carbonyl (C=O) groups is 1. The van der Waals surface area contributed by atoms with Crippen molar-refractivity contribution in [2.45, 2.75) is 53.4 Å². The third-order valence-electron chi connectivity index (χ3n) is 8.51. The van der Waals surface area contributed by atoms with Crippen molar-refractivity contribution in [3.63, 3.8) is 0 Å². The van der Waals surface area contributed by atoms with Crippen molar-refractivity contribution in [3.05, 3.63) is 64.7 Å². The standard InChI is InChI=1S/C28H34I2N2O2/c1-18-26-25(20-5-3-19(16-29)4-6-20)24(9-10-28(26,2)27(33)31-18)23-8-7-22(15-21(23)17-30)32-11-13-34-14-12-32/h3-8,15,18,24-26H,9-14,16-17H2,1-2H3,(H,31,33)/t18-,24+,25+,26+,28-/m1/s1. The molecule has 0 aromatic heterocycles. The zero-order valence-electron chi connectivity index (χ0n) is 20.0. The van der Waals surface area contributed by atoms with Crippen LogP contribution in [-0.2, 0) is 18.4 Å². The molecule has 5 atom stereocenters. The minimum Gasteiger partial charge on any atom is -0.378 e. The van der Waals surface area contributed by atoms with Crippen molar-refractivity contribution in [2.24, 2.45) is 11.3 Å². The number of nitrogens with one attached hydrogen (secondary N) is 1. The number of anilines is 1. The first-order valence-corrected chi connectivity index (χ1v) is 15.5. The van der Waals surface area contributed by atoms with E-state index < -0.39 is 0 Å². The summed E-state index contributed by atoms with van der Waals surface area (Å²) in [5.41, 5.74) is 6.68. The molecule has 6 heteroatoms. The average Bonchev–Trinajstić information content (AvgIpc) is 3.11. The number of fused-ring (bicyclic) bond motifs is 1. The maximum atomic E-state index is 13.1. The Morgan fingerprint density at radius 3 is 2.50 bits per heavy atom. The first-order valence-electron chi connectivity index (χ1n) is 12.4. The van der Waals surface area contributed by atoms with Crippen molar-refractivity contribution in [2.75, 3.05) is 31.2 Å². The Balaban J connectivity index is 1.57. The highest BCUT2D eigenvalue weighted by atomic mass is 127. The SMILES string of the molecule is C[C@H]1NC(=O)[C@]2(C)CC[C@@H](c3ccc(N4CCOCC4)cc3CI)[C@H](c3ccc(CI)cc3)[C@H]12. The molecule has 182 valence electrons. The lowest BCUT2D eigenvalue weighted by Gasteiger charge is -2.46. The summed E-state index contributed by atoms with van der Waals surface area (Å²) in [7, 11) is 0. The number of alkyl halides is 2. The Bertz CT molecular complexity index is 1040. The van der Waals surface area contributed by atoms with Gasteiger partial charge >= 0.3 is 0 Å². The van der Waals surface area contributed by atoms with Gasteiger partial charge in [-0.15, -0.1) is 0 Å². The Hall–Kier alpha value is -0.870. The van der Waals surface area contributed by atoms with Crippen molar-refractivity contribution < 1.29 is 9.53 Å². The summed E-state index contributed by atoms with van der Waals surface area (Å²) in [4.78, 5) is 15.5. The molecule has 1 saturated carbocycles. The minimum atomic E-state index is -0.291. The van der Waals surface area contributed by atoms with Gasteiger partial charge in [-0.3, -0.25) is 4.79 Å². The lowest BCUT2D eigenvalue weighted by atomic mass is 9.55. The lowest BCUT2D eigenvalue weighted by molar-refractivity contribution is -0.129. The normalized spacial score (nSPS) is 31.3. The fourth-order valence-electron chi connectivity index (χ4n) is 6.74. The molecule has 4 nitrogen and oxygen atoms in total. The van der Waals surface area contributed by atoms with E-state index in [9.17, 15) is 4.79 Å². The first kappa shape index (κ1) is 24.8. The lowest BCUT2D eigenvalue weighted by Crippen LogP contribution is -2.42. The molecule has 2 heterocycles. The summed E-state index contributed by atoms with van der Waals surface area (Å²) < 4.78 is 7.58. The van der Waals surface area contributed by atoms with Gasteiger partial charge in [0.05, 0.1) is 18.6 Å². The van der Waals surface area contributed by atoms with Gasteiger partial charge in [0.25, 0.3) is 0 Å². The molecule has 0 bridgehead atoms. The molecule has 34 heavy (non-hydrogen) atoms. The summed E-state index contributed by atoms with van der Waals surface area (Å²) in [6.07, 6.45) is 2.00. The molecule has 0 unspecified atom stereocenters. The quantitative estimate of drug-likeness (QED) is 0.302. The van der Waals surface area contributed by atoms with Crippen LogP contribution in [0.4, 0.5) is 5.69 Å². The number of hydrogen-bond donors (Lipinski definition) is 1. The van der Waals surface area contributed by atoms with Gasteiger partial charge in [0, 0.05) is 39.6 Å². The van der Waals surface area contributed by atoms with E-state index in [0.717, 1.165) is 48.0 Å². The van der Waals surface area contributed by atoms with E-state index in [0.29, 0.717) is 17.8 Å². The number of benzene rings is 2. The fraction of sp³-hybridized carbons (Fsp3) is 0.536. The molecule has 3 aliphatic rings. The van der Waals surface area contributed by atoms with Gasteiger partial charge in [-0.2, -0.15) is 0 Å². The number of rotatable bonds is 5. The van der Waals surface area contributed by atoms with Crippen LogP contribution in [0.1, 0.15) is 60.8 Å². The van der Waals surface area contributed by atoms with Gasteiger partial charge in [0.15, 0.2) is 0 Å². The van der Waals surface area contributed by atoms with Crippen LogP contribution in [0.5, 0.6) is 0 Å². The van der Waals surface area contributed by atoms with Crippen molar-refractivity contribution in [3.8, 4) is 0 Å². The van der Waals surface area contributed by atoms with Crippen LogP contribution < -0.4 is 10.2 Å². The second kappa shape index (κ2) is 10.2. The third kappa shape index (κ3) is 4.40. The first-order chi connectivity index (χ1) is 16.5. The van der Waals surface area contributed by atoms with Crippen LogP contribution >= 0.6 is 45.2 Å². The highest BCUT2D eigenvalue weighted by Gasteiger charge is 2.57. The van der Waals surface area contributed by atoms with Crippen LogP contribution in [0.15, 0.2) is 42.5 Å². The number of amides is 1. The molecule has 2 aliphatic heterocycles. The fourth-order valence-corrected chi connectivity index (χ4v) is 7.91. The maximum absolute atomic E-state index is 13.1.